The lowest BCUT2D eigenvalue weighted by atomic mass is 9.99. The first-order valence-electron chi connectivity index (χ1n) is 4.52. The number of aliphatic hydroxyl groups excluding tert-OH is 1. The summed E-state index contributed by atoms with van der Waals surface area (Å²) in [5, 5.41) is 9.61. The van der Waals surface area contributed by atoms with Crippen LogP contribution in [0.4, 0.5) is 0 Å². The maximum absolute atomic E-state index is 9.61. The van der Waals surface area contributed by atoms with Crippen molar-refractivity contribution in [2.45, 2.75) is 45.3 Å². The minimum absolute atomic E-state index is 0.00993. The molecular weight excluding hydrogens is 138 g/mol. The molecule has 11 heavy (non-hydrogen) atoms. The highest BCUT2D eigenvalue weighted by atomic mass is 16.3. The molecule has 0 aromatic rings. The van der Waals surface area contributed by atoms with E-state index in [1.807, 2.05) is 0 Å². The fourth-order valence-corrected chi connectivity index (χ4v) is 1.80. The van der Waals surface area contributed by atoms with E-state index in [2.05, 4.69) is 25.7 Å². The molecule has 1 fully saturated rings. The Balaban J connectivity index is 2.55. The van der Waals surface area contributed by atoms with Crippen LogP contribution in [-0.2, 0) is 0 Å². The number of aliphatic hydroxyl groups is 1. The lowest BCUT2D eigenvalue weighted by Gasteiger charge is -2.33. The van der Waals surface area contributed by atoms with Crippen molar-refractivity contribution in [2.75, 3.05) is 13.1 Å². The van der Waals surface area contributed by atoms with E-state index in [-0.39, 0.29) is 11.6 Å². The average molecular weight is 157 g/mol. The van der Waals surface area contributed by atoms with E-state index in [0.717, 1.165) is 19.5 Å². The standard InChI is InChI=1S/C9H19NO/c1-4-6-10-7-5-8(11)9(10,2)3/h8,11H,4-7H2,1-3H3. The monoisotopic (exact) mass is 157 g/mol. The zero-order valence-electron chi connectivity index (χ0n) is 7.80. The number of nitrogens with zero attached hydrogens (tertiary/aromatic N) is 1. The van der Waals surface area contributed by atoms with Crippen LogP contribution in [0.25, 0.3) is 0 Å². The fourth-order valence-electron chi connectivity index (χ4n) is 1.80. The van der Waals surface area contributed by atoms with E-state index in [9.17, 15) is 5.11 Å². The summed E-state index contributed by atoms with van der Waals surface area (Å²) in [6.45, 7) is 8.60. The Bertz CT molecular complexity index is 132. The molecule has 1 atom stereocenters. The van der Waals surface area contributed by atoms with E-state index in [1.165, 1.54) is 6.42 Å². The van der Waals surface area contributed by atoms with Crippen molar-refractivity contribution in [3.8, 4) is 0 Å². The summed E-state index contributed by atoms with van der Waals surface area (Å²) in [7, 11) is 0. The predicted molar refractivity (Wildman–Crippen MR) is 46.6 cm³/mol. The molecule has 0 spiro atoms. The van der Waals surface area contributed by atoms with Crippen molar-refractivity contribution < 1.29 is 5.11 Å². The van der Waals surface area contributed by atoms with E-state index < -0.39 is 0 Å². The Labute approximate surface area is 69.2 Å². The summed E-state index contributed by atoms with van der Waals surface area (Å²) in [4.78, 5) is 2.37. The van der Waals surface area contributed by atoms with Crippen LogP contribution in [0.5, 0.6) is 0 Å². The highest BCUT2D eigenvalue weighted by Crippen LogP contribution is 2.28. The third-order valence-electron chi connectivity index (χ3n) is 2.80. The van der Waals surface area contributed by atoms with Gasteiger partial charge in [-0.05, 0) is 33.2 Å². The van der Waals surface area contributed by atoms with Gasteiger partial charge in [0.25, 0.3) is 0 Å². The summed E-state index contributed by atoms with van der Waals surface area (Å²) in [6, 6.07) is 0. The minimum Gasteiger partial charge on any atom is -0.391 e. The van der Waals surface area contributed by atoms with Crippen LogP contribution in [0.1, 0.15) is 33.6 Å². The molecule has 0 radical (unpaired) electrons. The van der Waals surface area contributed by atoms with Gasteiger partial charge in [-0.15, -0.1) is 0 Å². The molecule has 0 saturated carbocycles. The Morgan fingerprint density at radius 2 is 2.18 bits per heavy atom. The smallest absolute Gasteiger partial charge is 0.0730 e. The number of hydrogen-bond donors (Lipinski definition) is 1. The predicted octanol–water partition coefficient (Wildman–Crippen LogP) is 1.24. The molecule has 66 valence electrons. The van der Waals surface area contributed by atoms with Crippen molar-refractivity contribution in [3.05, 3.63) is 0 Å². The number of hydrogen-bond acceptors (Lipinski definition) is 2. The third-order valence-corrected chi connectivity index (χ3v) is 2.80. The van der Waals surface area contributed by atoms with Gasteiger partial charge >= 0.3 is 0 Å². The highest BCUT2D eigenvalue weighted by Gasteiger charge is 2.39. The molecule has 0 amide bonds. The van der Waals surface area contributed by atoms with E-state index >= 15 is 0 Å². The number of rotatable bonds is 2. The zero-order valence-corrected chi connectivity index (χ0v) is 7.80. The molecule has 2 nitrogen and oxygen atoms in total. The van der Waals surface area contributed by atoms with Crippen molar-refractivity contribution in [1.29, 1.82) is 0 Å². The normalized spacial score (nSPS) is 31.1. The van der Waals surface area contributed by atoms with E-state index in [1.54, 1.807) is 0 Å². The molecule has 0 aliphatic carbocycles. The van der Waals surface area contributed by atoms with Gasteiger partial charge < -0.3 is 5.11 Å². The maximum atomic E-state index is 9.61. The molecule has 1 N–H and O–H groups in total. The lowest BCUT2D eigenvalue weighted by molar-refractivity contribution is 0.0548. The highest BCUT2D eigenvalue weighted by molar-refractivity contribution is 4.94. The Hall–Kier alpha value is -0.0800. The summed E-state index contributed by atoms with van der Waals surface area (Å²) in [6.07, 6.45) is 1.98. The minimum atomic E-state index is -0.131. The molecule has 1 saturated heterocycles. The van der Waals surface area contributed by atoms with Gasteiger partial charge in [0.05, 0.1) is 6.10 Å². The van der Waals surface area contributed by atoms with Gasteiger partial charge in [-0.1, -0.05) is 6.92 Å². The second-order valence-corrected chi connectivity index (χ2v) is 3.95. The van der Waals surface area contributed by atoms with Crippen LogP contribution < -0.4 is 0 Å². The van der Waals surface area contributed by atoms with Crippen LogP contribution in [0.2, 0.25) is 0 Å². The van der Waals surface area contributed by atoms with Gasteiger partial charge in [0.2, 0.25) is 0 Å². The van der Waals surface area contributed by atoms with Crippen LogP contribution in [0.3, 0.4) is 0 Å². The molecule has 1 aliphatic heterocycles. The van der Waals surface area contributed by atoms with Gasteiger partial charge in [0, 0.05) is 12.1 Å². The molecule has 0 bridgehead atoms. The SMILES string of the molecule is CCCN1CCC(O)C1(C)C. The molecule has 0 aromatic carbocycles. The Morgan fingerprint density at radius 3 is 2.55 bits per heavy atom. The summed E-state index contributed by atoms with van der Waals surface area (Å²) < 4.78 is 0. The first-order chi connectivity index (χ1) is 5.09. The van der Waals surface area contributed by atoms with Gasteiger partial charge in [0.1, 0.15) is 0 Å². The van der Waals surface area contributed by atoms with Gasteiger partial charge in [-0.3, -0.25) is 4.90 Å². The quantitative estimate of drug-likeness (QED) is 0.652. The zero-order chi connectivity index (χ0) is 8.48. The van der Waals surface area contributed by atoms with Crippen LogP contribution >= 0.6 is 0 Å². The number of likely N-dealkylation sites (tertiary alicyclic amines) is 1. The van der Waals surface area contributed by atoms with E-state index in [4.69, 9.17) is 0 Å². The molecule has 1 rings (SSSR count). The molecule has 2 heteroatoms. The van der Waals surface area contributed by atoms with Gasteiger partial charge in [0.15, 0.2) is 0 Å². The second kappa shape index (κ2) is 3.11. The topological polar surface area (TPSA) is 23.5 Å². The molecule has 1 aliphatic rings. The van der Waals surface area contributed by atoms with E-state index in [0.29, 0.717) is 0 Å². The fraction of sp³-hybridized carbons (Fsp3) is 1.00. The third kappa shape index (κ3) is 1.57. The largest absolute Gasteiger partial charge is 0.391 e. The van der Waals surface area contributed by atoms with Crippen LogP contribution in [0.15, 0.2) is 0 Å². The van der Waals surface area contributed by atoms with Crippen molar-refractivity contribution in [3.63, 3.8) is 0 Å². The molecule has 1 heterocycles. The van der Waals surface area contributed by atoms with Crippen LogP contribution in [0, 0.1) is 0 Å². The van der Waals surface area contributed by atoms with Crippen molar-refractivity contribution >= 4 is 0 Å². The lowest BCUT2D eigenvalue weighted by Crippen LogP contribution is -2.45. The molecular formula is C9H19NO. The van der Waals surface area contributed by atoms with Crippen molar-refractivity contribution in [1.82, 2.24) is 4.90 Å². The summed E-state index contributed by atoms with van der Waals surface area (Å²) in [5.41, 5.74) is 0.00993. The van der Waals surface area contributed by atoms with Gasteiger partial charge in [-0.2, -0.15) is 0 Å². The second-order valence-electron chi connectivity index (χ2n) is 3.95. The first kappa shape index (κ1) is 9.01. The molecule has 0 aromatic heterocycles. The van der Waals surface area contributed by atoms with Crippen molar-refractivity contribution in [2.24, 2.45) is 0 Å². The Morgan fingerprint density at radius 1 is 1.55 bits per heavy atom. The summed E-state index contributed by atoms with van der Waals surface area (Å²) >= 11 is 0. The summed E-state index contributed by atoms with van der Waals surface area (Å²) in [5.74, 6) is 0. The first-order valence-corrected chi connectivity index (χ1v) is 4.52. The molecule has 1 unspecified atom stereocenters. The van der Waals surface area contributed by atoms with Crippen LogP contribution in [-0.4, -0.2) is 34.7 Å². The Kier molecular flexibility index (Phi) is 2.55. The van der Waals surface area contributed by atoms with Gasteiger partial charge in [-0.25, -0.2) is 0 Å². The maximum Gasteiger partial charge on any atom is 0.0730 e. The average Bonchev–Trinajstić information content (AvgIpc) is 2.16.